The Morgan fingerprint density at radius 1 is 0.857 bits per heavy atom. The summed E-state index contributed by atoms with van der Waals surface area (Å²) in [4.78, 5) is 0. The smallest absolute Gasteiger partial charge is 0.00634 e. The van der Waals surface area contributed by atoms with Gasteiger partial charge in [-0.2, -0.15) is 0 Å². The maximum absolute atomic E-state index is 4.06. The predicted molar refractivity (Wildman–Crippen MR) is 60.5 cm³/mol. The summed E-state index contributed by atoms with van der Waals surface area (Å²) in [5.74, 6) is 0. The maximum Gasteiger partial charge on any atom is -0.00634 e. The van der Waals surface area contributed by atoms with Crippen molar-refractivity contribution in [2.75, 3.05) is 0 Å². The minimum atomic E-state index is 1.07. The van der Waals surface area contributed by atoms with E-state index < -0.39 is 0 Å². The van der Waals surface area contributed by atoms with E-state index in [4.69, 9.17) is 0 Å². The molecular formula is C14H12. The highest BCUT2D eigenvalue weighted by atomic mass is 14.2. The largest absolute Gasteiger partial charge is 0.0992 e. The first-order valence-corrected chi connectivity index (χ1v) is 5.00. The van der Waals surface area contributed by atoms with E-state index in [2.05, 4.69) is 43.0 Å². The number of rotatable bonds is 0. The van der Waals surface area contributed by atoms with Crippen LogP contribution >= 0.6 is 0 Å². The highest BCUT2D eigenvalue weighted by Crippen LogP contribution is 2.29. The molecule has 0 saturated heterocycles. The van der Waals surface area contributed by atoms with Gasteiger partial charge in [-0.25, -0.2) is 0 Å². The number of allylic oxidation sites excluding steroid dienone is 1. The van der Waals surface area contributed by atoms with Crippen molar-refractivity contribution in [3.8, 4) is 0 Å². The van der Waals surface area contributed by atoms with Gasteiger partial charge in [-0.05, 0) is 34.7 Å². The molecule has 0 spiro atoms. The van der Waals surface area contributed by atoms with Gasteiger partial charge < -0.3 is 0 Å². The molecule has 0 atom stereocenters. The van der Waals surface area contributed by atoms with Gasteiger partial charge in [0.15, 0.2) is 0 Å². The van der Waals surface area contributed by atoms with Crippen molar-refractivity contribution in [1.82, 2.24) is 0 Å². The summed E-state index contributed by atoms with van der Waals surface area (Å²) in [5, 5.41) is 2.70. The lowest BCUT2D eigenvalue weighted by Gasteiger charge is -2.01. The highest BCUT2D eigenvalue weighted by Gasteiger charge is 2.13. The van der Waals surface area contributed by atoms with E-state index in [1.165, 1.54) is 27.5 Å². The third-order valence-electron chi connectivity index (χ3n) is 2.95. The van der Waals surface area contributed by atoms with Gasteiger partial charge in [0, 0.05) is 0 Å². The second kappa shape index (κ2) is 2.71. The summed E-state index contributed by atoms with van der Waals surface area (Å²) in [6.07, 6.45) is 2.14. The second-order valence-corrected chi connectivity index (χ2v) is 4.07. The van der Waals surface area contributed by atoms with E-state index in [1.807, 2.05) is 0 Å². The van der Waals surface area contributed by atoms with Gasteiger partial charge in [-0.1, -0.05) is 48.6 Å². The Morgan fingerprint density at radius 3 is 1.86 bits per heavy atom. The Kier molecular flexibility index (Phi) is 1.51. The molecule has 1 aliphatic rings. The first-order chi connectivity index (χ1) is 6.83. The Labute approximate surface area is 83.9 Å². The van der Waals surface area contributed by atoms with Crippen LogP contribution in [0.4, 0.5) is 0 Å². The van der Waals surface area contributed by atoms with Crippen molar-refractivity contribution in [2.45, 2.75) is 12.8 Å². The summed E-state index contributed by atoms with van der Waals surface area (Å²) in [6.45, 7) is 4.06. The van der Waals surface area contributed by atoms with Gasteiger partial charge in [-0.15, -0.1) is 0 Å². The van der Waals surface area contributed by atoms with Crippen LogP contribution in [0.15, 0.2) is 48.6 Å². The second-order valence-electron chi connectivity index (χ2n) is 4.07. The van der Waals surface area contributed by atoms with E-state index in [9.17, 15) is 0 Å². The molecule has 0 saturated carbocycles. The predicted octanol–water partition coefficient (Wildman–Crippen LogP) is 3.49. The molecule has 0 heterocycles. The molecule has 0 nitrogen and oxygen atoms in total. The van der Waals surface area contributed by atoms with E-state index in [-0.39, 0.29) is 0 Å². The lowest BCUT2D eigenvalue weighted by Crippen LogP contribution is -1.82. The molecule has 2 aromatic rings. The van der Waals surface area contributed by atoms with Crippen LogP contribution in [-0.2, 0) is 12.8 Å². The zero-order valence-electron chi connectivity index (χ0n) is 8.09. The highest BCUT2D eigenvalue weighted by molar-refractivity contribution is 5.84. The summed E-state index contributed by atoms with van der Waals surface area (Å²) in [6, 6.07) is 13.2. The lowest BCUT2D eigenvalue weighted by atomic mass is 10.0. The molecule has 68 valence electrons. The van der Waals surface area contributed by atoms with Crippen molar-refractivity contribution < 1.29 is 0 Å². The van der Waals surface area contributed by atoms with Crippen LogP contribution in [0.2, 0.25) is 0 Å². The van der Waals surface area contributed by atoms with E-state index in [1.54, 1.807) is 0 Å². The molecule has 3 rings (SSSR count). The van der Waals surface area contributed by atoms with Crippen LogP contribution < -0.4 is 0 Å². The topological polar surface area (TPSA) is 0 Å². The van der Waals surface area contributed by atoms with Gasteiger partial charge >= 0.3 is 0 Å². The minimum absolute atomic E-state index is 1.07. The van der Waals surface area contributed by atoms with Gasteiger partial charge in [0.1, 0.15) is 0 Å². The van der Waals surface area contributed by atoms with Crippen LogP contribution in [0.3, 0.4) is 0 Å². The monoisotopic (exact) mass is 180 g/mol. The fraction of sp³-hybridized carbons (Fsp3) is 0.143. The summed E-state index contributed by atoms with van der Waals surface area (Å²) in [7, 11) is 0. The van der Waals surface area contributed by atoms with Gasteiger partial charge in [0.05, 0.1) is 0 Å². The minimum Gasteiger partial charge on any atom is -0.0992 e. The molecule has 0 N–H and O–H groups in total. The lowest BCUT2D eigenvalue weighted by molar-refractivity contribution is 1.19. The Balaban J connectivity index is 2.31. The van der Waals surface area contributed by atoms with Crippen LogP contribution in [-0.4, -0.2) is 0 Å². The zero-order chi connectivity index (χ0) is 9.54. The first kappa shape index (κ1) is 7.81. The summed E-state index contributed by atoms with van der Waals surface area (Å²) < 4.78 is 0. The Morgan fingerprint density at radius 2 is 1.36 bits per heavy atom. The molecule has 0 bridgehead atoms. The molecule has 0 aromatic heterocycles. The number of fused-ring (bicyclic) bond motifs is 2. The third kappa shape index (κ3) is 1.07. The molecule has 0 unspecified atom stereocenters. The van der Waals surface area contributed by atoms with Crippen molar-refractivity contribution in [3.05, 3.63) is 59.7 Å². The van der Waals surface area contributed by atoms with Crippen molar-refractivity contribution >= 4 is 10.8 Å². The summed E-state index contributed by atoms with van der Waals surface area (Å²) in [5.41, 5.74) is 4.28. The van der Waals surface area contributed by atoms with Crippen LogP contribution in [0.1, 0.15) is 11.1 Å². The molecule has 0 aliphatic heterocycles. The number of hydrogen-bond acceptors (Lipinski definition) is 0. The molecule has 0 amide bonds. The van der Waals surface area contributed by atoms with Gasteiger partial charge in [0.2, 0.25) is 0 Å². The van der Waals surface area contributed by atoms with Crippen molar-refractivity contribution in [1.29, 1.82) is 0 Å². The molecule has 14 heavy (non-hydrogen) atoms. The Hall–Kier alpha value is -1.56. The van der Waals surface area contributed by atoms with E-state index in [0.29, 0.717) is 0 Å². The third-order valence-corrected chi connectivity index (χ3v) is 2.95. The van der Waals surface area contributed by atoms with Crippen LogP contribution in [0.5, 0.6) is 0 Å². The average molecular weight is 180 g/mol. The fourth-order valence-corrected chi connectivity index (χ4v) is 2.26. The van der Waals surface area contributed by atoms with Crippen LogP contribution in [0, 0.1) is 0 Å². The first-order valence-electron chi connectivity index (χ1n) is 5.00. The standard InChI is InChI=1S/C14H12/c1-10-6-13-8-11-4-2-3-5-12(11)9-14(13)7-10/h2-5,8-9H,1,6-7H2. The molecule has 0 heteroatoms. The molecule has 0 fully saturated rings. The van der Waals surface area contributed by atoms with Crippen molar-refractivity contribution in [3.63, 3.8) is 0 Å². The number of hydrogen-bond donors (Lipinski definition) is 0. The maximum atomic E-state index is 4.06. The fourth-order valence-electron chi connectivity index (χ4n) is 2.26. The summed E-state index contributed by atoms with van der Waals surface area (Å²) >= 11 is 0. The molecule has 0 radical (unpaired) electrons. The van der Waals surface area contributed by atoms with Crippen molar-refractivity contribution in [2.24, 2.45) is 0 Å². The average Bonchev–Trinajstić information content (AvgIpc) is 2.53. The van der Waals surface area contributed by atoms with E-state index >= 15 is 0 Å². The van der Waals surface area contributed by atoms with Crippen LogP contribution in [0.25, 0.3) is 10.8 Å². The quantitative estimate of drug-likeness (QED) is 0.544. The SMILES string of the molecule is C=C1Cc2cc3ccccc3cc2C1. The van der Waals surface area contributed by atoms with Gasteiger partial charge in [0.25, 0.3) is 0 Å². The van der Waals surface area contributed by atoms with E-state index in [0.717, 1.165) is 12.8 Å². The number of benzene rings is 2. The Bertz CT molecular complexity index is 474. The normalized spacial score (nSPS) is 14.7. The molecule has 2 aromatic carbocycles. The zero-order valence-corrected chi connectivity index (χ0v) is 8.09. The molecular weight excluding hydrogens is 168 g/mol. The van der Waals surface area contributed by atoms with Gasteiger partial charge in [-0.3, -0.25) is 0 Å². The molecule has 1 aliphatic carbocycles.